The molecule has 0 atom stereocenters. The van der Waals surface area contributed by atoms with Crippen LogP contribution in [0.15, 0.2) is 121 Å². The van der Waals surface area contributed by atoms with Crippen LogP contribution in [0.4, 0.5) is 0 Å². The lowest BCUT2D eigenvalue weighted by Gasteiger charge is -2.40. The standard InChI is InChI=1S/C26H27NSi2.C4H12OSi/c1-28(23-15-7-3-8-16-23,24-17-9-4-10-18-24)27-29(2,25-19-11-5-12-20-25)26-21-13-6-14-22-26;1-5-6(2,3)4/h3-22,27H,1-2H3;1-4H3. The lowest BCUT2D eigenvalue weighted by molar-refractivity contribution is 0.411. The van der Waals surface area contributed by atoms with Crippen LogP contribution in [0.25, 0.3) is 0 Å². The largest absolute Gasteiger partial charge is 0.421 e. The van der Waals surface area contributed by atoms with Crippen LogP contribution in [0, 0.1) is 0 Å². The molecule has 0 aliphatic carbocycles. The highest BCUT2D eigenvalue weighted by atomic mass is 28.4. The van der Waals surface area contributed by atoms with Gasteiger partial charge in [0.1, 0.15) is 0 Å². The first-order valence-corrected chi connectivity index (χ1v) is 20.7. The summed E-state index contributed by atoms with van der Waals surface area (Å²) in [6.07, 6.45) is 0. The molecule has 0 radical (unpaired) electrons. The summed E-state index contributed by atoms with van der Waals surface area (Å²) in [4.78, 5) is 0. The summed E-state index contributed by atoms with van der Waals surface area (Å²) in [6, 6.07) is 44.0. The molecule has 0 bridgehead atoms. The van der Waals surface area contributed by atoms with E-state index in [4.69, 9.17) is 4.43 Å². The van der Waals surface area contributed by atoms with Crippen LogP contribution < -0.4 is 25.4 Å². The van der Waals surface area contributed by atoms with Crippen LogP contribution in [0.1, 0.15) is 0 Å². The maximum absolute atomic E-state index is 5.08. The van der Waals surface area contributed by atoms with Crippen molar-refractivity contribution in [1.82, 2.24) is 4.65 Å². The van der Waals surface area contributed by atoms with Crippen LogP contribution in [-0.4, -0.2) is 31.9 Å². The van der Waals surface area contributed by atoms with E-state index in [-0.39, 0.29) is 0 Å². The molecule has 0 heterocycles. The Kier molecular flexibility index (Phi) is 9.22. The molecule has 0 unspecified atom stereocenters. The fourth-order valence-corrected chi connectivity index (χ4v) is 14.6. The van der Waals surface area contributed by atoms with Gasteiger partial charge in [-0.1, -0.05) is 121 Å². The molecular formula is C30H39NOSi3. The van der Waals surface area contributed by atoms with Crippen molar-refractivity contribution in [3.63, 3.8) is 0 Å². The zero-order chi connectivity index (χ0) is 25.4. The summed E-state index contributed by atoms with van der Waals surface area (Å²) in [7, 11) is -3.74. The number of benzene rings is 4. The van der Waals surface area contributed by atoms with Crippen molar-refractivity contribution in [2.75, 3.05) is 7.11 Å². The molecule has 0 aliphatic heterocycles. The number of hydrogen-bond acceptors (Lipinski definition) is 2. The van der Waals surface area contributed by atoms with Gasteiger partial charge in [-0.05, 0) is 53.5 Å². The highest BCUT2D eigenvalue weighted by molar-refractivity contribution is 7.13. The van der Waals surface area contributed by atoms with E-state index in [9.17, 15) is 0 Å². The second-order valence-electron chi connectivity index (χ2n) is 10.2. The third kappa shape index (κ3) is 6.99. The molecule has 0 fully saturated rings. The molecule has 182 valence electrons. The molecule has 1 N–H and O–H groups in total. The van der Waals surface area contributed by atoms with Crippen molar-refractivity contribution in [3.05, 3.63) is 121 Å². The highest BCUT2D eigenvalue weighted by Gasteiger charge is 2.42. The lowest BCUT2D eigenvalue weighted by Crippen LogP contribution is -2.80. The summed E-state index contributed by atoms with van der Waals surface area (Å²) >= 11 is 0. The van der Waals surface area contributed by atoms with Gasteiger partial charge < -0.3 is 9.07 Å². The topological polar surface area (TPSA) is 21.3 Å². The first-order chi connectivity index (χ1) is 16.7. The lowest BCUT2D eigenvalue weighted by atomic mass is 10.4. The van der Waals surface area contributed by atoms with Gasteiger partial charge in [0.25, 0.3) is 0 Å². The van der Waals surface area contributed by atoms with Gasteiger partial charge in [0, 0.05) is 7.11 Å². The Hall–Kier alpha value is -2.55. The molecule has 0 saturated heterocycles. The van der Waals surface area contributed by atoms with Gasteiger partial charge in [-0.25, -0.2) is 0 Å². The Labute approximate surface area is 215 Å². The summed E-state index contributed by atoms with van der Waals surface area (Å²) in [5.74, 6) is 0. The van der Waals surface area contributed by atoms with Crippen LogP contribution in [0.5, 0.6) is 0 Å². The molecule has 4 rings (SSSR count). The van der Waals surface area contributed by atoms with E-state index in [1.54, 1.807) is 7.11 Å². The minimum atomic E-state index is -2.19. The van der Waals surface area contributed by atoms with E-state index in [0.717, 1.165) is 0 Å². The zero-order valence-corrected chi connectivity index (χ0v) is 25.0. The van der Waals surface area contributed by atoms with E-state index in [1.807, 2.05) is 0 Å². The van der Waals surface area contributed by atoms with Gasteiger partial charge in [0.15, 0.2) is 24.8 Å². The Bertz CT molecular complexity index is 982. The number of nitrogens with one attached hydrogen (secondary N) is 1. The Morgan fingerprint density at radius 2 is 0.629 bits per heavy atom. The van der Waals surface area contributed by atoms with E-state index in [2.05, 4.69) is 159 Å². The van der Waals surface area contributed by atoms with Crippen LogP contribution in [-0.2, 0) is 4.43 Å². The van der Waals surface area contributed by atoms with Crippen molar-refractivity contribution >= 4 is 45.5 Å². The third-order valence-corrected chi connectivity index (χ3v) is 17.7. The van der Waals surface area contributed by atoms with E-state index in [0.29, 0.717) is 0 Å². The fourth-order valence-electron chi connectivity index (χ4n) is 4.21. The Morgan fingerprint density at radius 1 is 0.429 bits per heavy atom. The average Bonchev–Trinajstić information content (AvgIpc) is 2.90. The quantitative estimate of drug-likeness (QED) is 0.358. The first-order valence-electron chi connectivity index (χ1n) is 12.3. The Morgan fingerprint density at radius 3 is 0.800 bits per heavy atom. The molecule has 0 aliphatic rings. The SMILES string of the molecule is CO[Si](C)(C)C.C[Si](N[Si](C)(c1ccccc1)c1ccccc1)(c1ccccc1)c1ccccc1. The predicted molar refractivity (Wildman–Crippen MR) is 161 cm³/mol. The molecule has 5 heteroatoms. The van der Waals surface area contributed by atoms with Gasteiger partial charge in [0.2, 0.25) is 0 Å². The first kappa shape index (κ1) is 27.0. The maximum atomic E-state index is 5.08. The monoisotopic (exact) mass is 513 g/mol. The molecule has 0 amide bonds. The fraction of sp³-hybridized carbons (Fsp3) is 0.200. The molecule has 0 saturated carbocycles. The van der Waals surface area contributed by atoms with Crippen molar-refractivity contribution in [1.29, 1.82) is 0 Å². The number of hydrogen-bond donors (Lipinski definition) is 1. The van der Waals surface area contributed by atoms with E-state index >= 15 is 0 Å². The van der Waals surface area contributed by atoms with Crippen molar-refractivity contribution in [2.45, 2.75) is 32.7 Å². The predicted octanol–water partition coefficient (Wildman–Crippen LogP) is 4.82. The second-order valence-corrected chi connectivity index (χ2v) is 22.6. The van der Waals surface area contributed by atoms with Crippen LogP contribution in [0.3, 0.4) is 0 Å². The third-order valence-electron chi connectivity index (χ3n) is 6.52. The maximum Gasteiger partial charge on any atom is 0.183 e. The molecule has 0 aromatic heterocycles. The molecule has 35 heavy (non-hydrogen) atoms. The van der Waals surface area contributed by atoms with Gasteiger partial charge >= 0.3 is 0 Å². The van der Waals surface area contributed by atoms with E-state index in [1.165, 1.54) is 20.7 Å². The Balaban J connectivity index is 0.000000509. The highest BCUT2D eigenvalue weighted by Crippen LogP contribution is 2.10. The second kappa shape index (κ2) is 11.9. The van der Waals surface area contributed by atoms with Crippen molar-refractivity contribution in [3.8, 4) is 0 Å². The molecular weight excluding hydrogens is 475 g/mol. The minimum absolute atomic E-state index is 1.13. The normalized spacial score (nSPS) is 11.9. The molecule has 4 aromatic rings. The summed E-state index contributed by atoms with van der Waals surface area (Å²) in [6.45, 7) is 11.4. The van der Waals surface area contributed by atoms with Gasteiger partial charge in [-0.2, -0.15) is 0 Å². The van der Waals surface area contributed by atoms with Gasteiger partial charge in [-0.3, -0.25) is 0 Å². The summed E-state index contributed by atoms with van der Waals surface area (Å²) in [5.41, 5.74) is 0. The minimum Gasteiger partial charge on any atom is -0.421 e. The van der Waals surface area contributed by atoms with Crippen molar-refractivity contribution in [2.24, 2.45) is 0 Å². The summed E-state index contributed by atoms with van der Waals surface area (Å²) < 4.78 is 9.43. The molecule has 0 spiro atoms. The average molecular weight is 514 g/mol. The van der Waals surface area contributed by atoms with E-state index < -0.39 is 24.8 Å². The zero-order valence-electron chi connectivity index (χ0n) is 22.0. The van der Waals surface area contributed by atoms with Crippen molar-refractivity contribution < 1.29 is 4.43 Å². The summed E-state index contributed by atoms with van der Waals surface area (Å²) in [5, 5.41) is 5.65. The van der Waals surface area contributed by atoms with Crippen LogP contribution in [0.2, 0.25) is 32.7 Å². The molecule has 2 nitrogen and oxygen atoms in total. The smallest absolute Gasteiger partial charge is 0.183 e. The van der Waals surface area contributed by atoms with Gasteiger partial charge in [-0.15, -0.1) is 0 Å². The molecule has 4 aromatic carbocycles. The number of rotatable bonds is 7. The van der Waals surface area contributed by atoms with Gasteiger partial charge in [0.05, 0.1) is 0 Å². The van der Waals surface area contributed by atoms with Crippen LogP contribution >= 0.6 is 0 Å².